The second-order valence-corrected chi connectivity index (χ2v) is 4.82. The molecule has 2 aromatic rings. The molecule has 1 aromatic carbocycles. The minimum Gasteiger partial charge on any atom is -0.380 e. The van der Waals surface area contributed by atoms with Gasteiger partial charge >= 0.3 is 0 Å². The normalized spacial score (nSPS) is 11.1. The predicted molar refractivity (Wildman–Crippen MR) is 69.4 cm³/mol. The van der Waals surface area contributed by atoms with Crippen LogP contribution in [0.2, 0.25) is 0 Å². The van der Waals surface area contributed by atoms with E-state index < -0.39 is 0 Å². The van der Waals surface area contributed by atoms with E-state index in [1.807, 2.05) is 6.07 Å². The molecule has 0 radical (unpaired) electrons. The molecule has 0 atom stereocenters. The van der Waals surface area contributed by atoms with Crippen LogP contribution >= 0.6 is 15.9 Å². The molecule has 2 rings (SSSR count). The van der Waals surface area contributed by atoms with Crippen LogP contribution in [-0.4, -0.2) is 5.16 Å². The Labute approximate surface area is 103 Å². The van der Waals surface area contributed by atoms with Crippen LogP contribution in [0.15, 0.2) is 21.1 Å². The van der Waals surface area contributed by atoms with Gasteiger partial charge in [-0.25, -0.2) is 0 Å². The molecule has 0 bridgehead atoms. The summed E-state index contributed by atoms with van der Waals surface area (Å²) in [6.07, 6.45) is 4.75. The van der Waals surface area contributed by atoms with Gasteiger partial charge in [0, 0.05) is 4.47 Å². The van der Waals surface area contributed by atoms with Crippen molar-refractivity contribution in [1.29, 1.82) is 0 Å². The number of unbranched alkanes of at least 4 members (excludes halogenated alkanes) is 2. The van der Waals surface area contributed by atoms with E-state index in [0.29, 0.717) is 5.82 Å². The highest BCUT2D eigenvalue weighted by Gasteiger charge is 2.09. The molecule has 0 aliphatic carbocycles. The summed E-state index contributed by atoms with van der Waals surface area (Å²) in [4.78, 5) is 0. The average molecular weight is 283 g/mol. The summed E-state index contributed by atoms with van der Waals surface area (Å²) in [6, 6.07) is 4.01. The first-order valence-corrected chi connectivity index (χ1v) is 6.35. The first-order valence-electron chi connectivity index (χ1n) is 5.55. The fraction of sp³-hybridized carbons (Fsp3) is 0.417. The van der Waals surface area contributed by atoms with Crippen molar-refractivity contribution in [3.8, 4) is 0 Å². The maximum Gasteiger partial charge on any atom is 0.174 e. The topological polar surface area (TPSA) is 52.0 Å². The molecular weight excluding hydrogens is 268 g/mol. The predicted octanol–water partition coefficient (Wildman–Crippen LogP) is 3.91. The molecule has 0 aliphatic rings. The third-order valence-corrected chi connectivity index (χ3v) is 3.45. The zero-order valence-corrected chi connectivity index (χ0v) is 10.9. The number of rotatable bonds is 4. The molecule has 0 unspecified atom stereocenters. The molecule has 16 heavy (non-hydrogen) atoms. The number of nitrogens with two attached hydrogens (primary N) is 1. The number of benzene rings is 1. The van der Waals surface area contributed by atoms with Crippen molar-refractivity contribution in [2.45, 2.75) is 32.6 Å². The highest BCUT2D eigenvalue weighted by Crippen LogP contribution is 2.28. The summed E-state index contributed by atoms with van der Waals surface area (Å²) in [5, 5.41) is 4.67. The zero-order valence-electron chi connectivity index (χ0n) is 9.29. The van der Waals surface area contributed by atoms with Gasteiger partial charge in [0.15, 0.2) is 11.4 Å². The lowest BCUT2D eigenvalue weighted by atomic mass is 10.1. The molecule has 2 N–H and O–H groups in total. The number of hydrogen-bond donors (Lipinski definition) is 1. The standard InChI is InChI=1S/C12H15BrN2O/c1-2-3-4-5-8-6-9-11(7-10(8)13)16-15-12(9)14/h6-7H,2-5H2,1H3,(H2,14,15). The summed E-state index contributed by atoms with van der Waals surface area (Å²) < 4.78 is 6.18. The Kier molecular flexibility index (Phi) is 3.49. The molecule has 0 amide bonds. The molecule has 0 saturated carbocycles. The number of aromatic nitrogens is 1. The molecule has 0 spiro atoms. The SMILES string of the molecule is CCCCCc1cc2c(N)noc2cc1Br. The van der Waals surface area contributed by atoms with Crippen LogP contribution in [0.5, 0.6) is 0 Å². The van der Waals surface area contributed by atoms with Crippen molar-refractivity contribution in [3.05, 3.63) is 22.2 Å². The van der Waals surface area contributed by atoms with Crippen LogP contribution in [0.1, 0.15) is 31.7 Å². The van der Waals surface area contributed by atoms with Gasteiger partial charge in [0.25, 0.3) is 0 Å². The number of halogens is 1. The van der Waals surface area contributed by atoms with Crippen LogP contribution in [0.25, 0.3) is 11.0 Å². The smallest absolute Gasteiger partial charge is 0.174 e. The Hall–Kier alpha value is -1.03. The van der Waals surface area contributed by atoms with Crippen molar-refractivity contribution in [2.75, 3.05) is 5.73 Å². The quantitative estimate of drug-likeness (QED) is 0.865. The minimum atomic E-state index is 0.472. The number of aryl methyl sites for hydroxylation is 1. The van der Waals surface area contributed by atoms with Gasteiger partial charge in [0.2, 0.25) is 0 Å². The Morgan fingerprint density at radius 1 is 1.38 bits per heavy atom. The zero-order chi connectivity index (χ0) is 11.5. The largest absolute Gasteiger partial charge is 0.380 e. The van der Waals surface area contributed by atoms with Crippen LogP contribution in [0, 0.1) is 0 Å². The Balaban J connectivity index is 2.29. The van der Waals surface area contributed by atoms with Gasteiger partial charge in [-0.2, -0.15) is 0 Å². The third-order valence-electron chi connectivity index (χ3n) is 2.72. The second kappa shape index (κ2) is 4.87. The van der Waals surface area contributed by atoms with Gasteiger partial charge in [-0.3, -0.25) is 0 Å². The molecule has 1 aromatic heterocycles. The van der Waals surface area contributed by atoms with Crippen molar-refractivity contribution < 1.29 is 4.52 Å². The molecule has 1 heterocycles. The lowest BCUT2D eigenvalue weighted by Gasteiger charge is -2.03. The number of nitrogen functional groups attached to an aromatic ring is 1. The first-order chi connectivity index (χ1) is 7.72. The van der Waals surface area contributed by atoms with E-state index in [-0.39, 0.29) is 0 Å². The fourth-order valence-electron chi connectivity index (χ4n) is 1.78. The monoisotopic (exact) mass is 282 g/mol. The summed E-state index contributed by atoms with van der Waals surface area (Å²) in [5.41, 5.74) is 7.74. The number of nitrogens with zero attached hydrogens (tertiary/aromatic N) is 1. The molecular formula is C12H15BrN2O. The van der Waals surface area contributed by atoms with Crippen molar-refractivity contribution >= 4 is 32.7 Å². The molecule has 0 saturated heterocycles. The minimum absolute atomic E-state index is 0.472. The van der Waals surface area contributed by atoms with E-state index in [4.69, 9.17) is 10.3 Å². The van der Waals surface area contributed by atoms with Crippen LogP contribution in [-0.2, 0) is 6.42 Å². The van der Waals surface area contributed by atoms with Crippen molar-refractivity contribution in [2.24, 2.45) is 0 Å². The number of fused-ring (bicyclic) bond motifs is 1. The van der Waals surface area contributed by atoms with Crippen LogP contribution in [0.3, 0.4) is 0 Å². The molecule has 86 valence electrons. The third kappa shape index (κ3) is 2.21. The highest BCUT2D eigenvalue weighted by molar-refractivity contribution is 9.10. The number of anilines is 1. The van der Waals surface area contributed by atoms with Gasteiger partial charge in [-0.1, -0.05) is 40.9 Å². The van der Waals surface area contributed by atoms with Gasteiger partial charge in [0.1, 0.15) is 0 Å². The molecule has 0 fully saturated rings. The van der Waals surface area contributed by atoms with E-state index in [9.17, 15) is 0 Å². The van der Waals surface area contributed by atoms with Crippen LogP contribution in [0.4, 0.5) is 5.82 Å². The molecule has 4 heteroatoms. The maximum atomic E-state index is 5.73. The van der Waals surface area contributed by atoms with E-state index in [0.717, 1.165) is 21.9 Å². The van der Waals surface area contributed by atoms with E-state index in [2.05, 4.69) is 34.1 Å². The number of hydrogen-bond acceptors (Lipinski definition) is 3. The fourth-order valence-corrected chi connectivity index (χ4v) is 2.30. The van der Waals surface area contributed by atoms with Gasteiger partial charge < -0.3 is 10.3 Å². The van der Waals surface area contributed by atoms with E-state index >= 15 is 0 Å². The Morgan fingerprint density at radius 3 is 2.94 bits per heavy atom. The van der Waals surface area contributed by atoms with Crippen molar-refractivity contribution in [1.82, 2.24) is 5.16 Å². The first kappa shape index (κ1) is 11.5. The average Bonchev–Trinajstić information content (AvgIpc) is 2.61. The lowest BCUT2D eigenvalue weighted by Crippen LogP contribution is -1.89. The van der Waals surface area contributed by atoms with Crippen LogP contribution < -0.4 is 5.73 Å². The maximum absolute atomic E-state index is 5.73. The Morgan fingerprint density at radius 2 is 2.19 bits per heavy atom. The Bertz CT molecular complexity index is 493. The van der Waals surface area contributed by atoms with Gasteiger partial charge in [0.05, 0.1) is 5.39 Å². The highest BCUT2D eigenvalue weighted by atomic mass is 79.9. The summed E-state index contributed by atoms with van der Waals surface area (Å²) in [5.74, 6) is 0.472. The van der Waals surface area contributed by atoms with E-state index in [1.165, 1.54) is 24.8 Å². The van der Waals surface area contributed by atoms with Gasteiger partial charge in [-0.15, -0.1) is 0 Å². The molecule has 3 nitrogen and oxygen atoms in total. The van der Waals surface area contributed by atoms with Crippen molar-refractivity contribution in [3.63, 3.8) is 0 Å². The summed E-state index contributed by atoms with van der Waals surface area (Å²) >= 11 is 3.55. The lowest BCUT2D eigenvalue weighted by molar-refractivity contribution is 0.460. The summed E-state index contributed by atoms with van der Waals surface area (Å²) in [6.45, 7) is 2.20. The molecule has 0 aliphatic heterocycles. The van der Waals surface area contributed by atoms with E-state index in [1.54, 1.807) is 0 Å². The second-order valence-electron chi connectivity index (χ2n) is 3.96. The van der Waals surface area contributed by atoms with Gasteiger partial charge in [-0.05, 0) is 30.5 Å². The summed E-state index contributed by atoms with van der Waals surface area (Å²) in [7, 11) is 0.